The van der Waals surface area contributed by atoms with Gasteiger partial charge >= 0.3 is 0 Å². The lowest BCUT2D eigenvalue weighted by atomic mass is 10.1. The number of nitriles is 1. The number of pyridine rings is 2. The van der Waals surface area contributed by atoms with E-state index in [0.717, 1.165) is 40.8 Å². The van der Waals surface area contributed by atoms with Crippen LogP contribution >= 0.6 is 0 Å². The fourth-order valence-corrected chi connectivity index (χ4v) is 3.37. The molecule has 0 bridgehead atoms. The zero-order valence-corrected chi connectivity index (χ0v) is 16.7. The molecule has 0 radical (unpaired) electrons. The molecule has 152 valence electrons. The zero-order valence-electron chi connectivity index (χ0n) is 16.7. The van der Waals surface area contributed by atoms with Crippen LogP contribution in [0, 0.1) is 17.2 Å². The highest BCUT2D eigenvalue weighted by Gasteiger charge is 2.30. The number of benzene rings is 1. The maximum absolute atomic E-state index is 12.0. The standard InChI is InChI=1S/C24H19N5O2/c25-13-19-8-3-16(14-26-19)15-31-20-9-6-17(7-10-20)21-2-1-11-29-22(21)12-23(28-29)27-24(30)18-4-5-18/h1-3,6-12,14,18H,4-5,15H2,(H,27,28,30). The van der Waals surface area contributed by atoms with E-state index in [4.69, 9.17) is 10.00 Å². The molecular formula is C24H19N5O2. The summed E-state index contributed by atoms with van der Waals surface area (Å²) in [6.07, 6.45) is 5.43. The topological polar surface area (TPSA) is 92.3 Å². The summed E-state index contributed by atoms with van der Waals surface area (Å²) < 4.78 is 7.61. The number of fused-ring (bicyclic) bond motifs is 1. The number of carbonyl (C=O) groups excluding carboxylic acids is 1. The average molecular weight is 409 g/mol. The number of carbonyl (C=O) groups is 1. The molecule has 7 heteroatoms. The van der Waals surface area contributed by atoms with Crippen LogP contribution in [0.25, 0.3) is 16.6 Å². The van der Waals surface area contributed by atoms with Gasteiger partial charge in [0.15, 0.2) is 5.82 Å². The van der Waals surface area contributed by atoms with Crippen LogP contribution in [0.2, 0.25) is 0 Å². The fourth-order valence-electron chi connectivity index (χ4n) is 3.37. The maximum atomic E-state index is 12.0. The third-order valence-corrected chi connectivity index (χ3v) is 5.21. The minimum absolute atomic E-state index is 0.0453. The Bertz CT molecular complexity index is 1280. The van der Waals surface area contributed by atoms with Crippen molar-refractivity contribution in [2.75, 3.05) is 5.32 Å². The predicted molar refractivity (Wildman–Crippen MR) is 115 cm³/mol. The molecule has 5 rings (SSSR count). The number of anilines is 1. The molecule has 1 amide bonds. The van der Waals surface area contributed by atoms with E-state index >= 15 is 0 Å². The van der Waals surface area contributed by atoms with Crippen LogP contribution in [0.1, 0.15) is 24.1 Å². The SMILES string of the molecule is N#Cc1ccc(COc2ccc(-c3cccn4nc(NC(=O)C5CC5)cc34)cc2)cn1. The monoisotopic (exact) mass is 409 g/mol. The van der Waals surface area contributed by atoms with Crippen LogP contribution in [-0.4, -0.2) is 20.5 Å². The van der Waals surface area contributed by atoms with Gasteiger partial charge in [-0.05, 0) is 42.7 Å². The Kier molecular flexibility index (Phi) is 4.81. The summed E-state index contributed by atoms with van der Waals surface area (Å²) in [5.41, 5.74) is 4.25. The summed E-state index contributed by atoms with van der Waals surface area (Å²) in [4.78, 5) is 16.1. The Morgan fingerprint density at radius 1 is 1.19 bits per heavy atom. The van der Waals surface area contributed by atoms with Crippen LogP contribution in [0.3, 0.4) is 0 Å². The Morgan fingerprint density at radius 2 is 2.03 bits per heavy atom. The molecule has 1 aliphatic rings. The molecule has 31 heavy (non-hydrogen) atoms. The third kappa shape index (κ3) is 4.09. The van der Waals surface area contributed by atoms with Gasteiger partial charge in [-0.2, -0.15) is 10.4 Å². The van der Waals surface area contributed by atoms with Crippen molar-refractivity contribution in [3.8, 4) is 22.9 Å². The molecule has 3 heterocycles. The van der Waals surface area contributed by atoms with Gasteiger partial charge in [-0.3, -0.25) is 4.79 Å². The van der Waals surface area contributed by atoms with E-state index in [9.17, 15) is 4.79 Å². The molecule has 0 atom stereocenters. The second kappa shape index (κ2) is 7.92. The van der Waals surface area contributed by atoms with Crippen molar-refractivity contribution < 1.29 is 9.53 Å². The minimum atomic E-state index is 0.0453. The lowest BCUT2D eigenvalue weighted by Gasteiger charge is -2.08. The molecule has 1 fully saturated rings. The van der Waals surface area contributed by atoms with Crippen molar-refractivity contribution in [2.24, 2.45) is 5.92 Å². The first-order valence-corrected chi connectivity index (χ1v) is 10.1. The Labute approximate surface area is 178 Å². The summed E-state index contributed by atoms with van der Waals surface area (Å²) in [6, 6.07) is 19.2. The van der Waals surface area contributed by atoms with E-state index in [-0.39, 0.29) is 11.8 Å². The van der Waals surface area contributed by atoms with Gasteiger partial charge in [-0.15, -0.1) is 0 Å². The smallest absolute Gasteiger partial charge is 0.228 e. The predicted octanol–water partition coefficient (Wildman–Crippen LogP) is 4.20. The summed E-state index contributed by atoms with van der Waals surface area (Å²) in [5, 5.41) is 16.2. The number of hydrogen-bond acceptors (Lipinski definition) is 5. The summed E-state index contributed by atoms with van der Waals surface area (Å²) in [7, 11) is 0. The Balaban J connectivity index is 1.32. The highest BCUT2D eigenvalue weighted by molar-refractivity contribution is 5.94. The van der Waals surface area contributed by atoms with Gasteiger partial charge < -0.3 is 10.1 Å². The minimum Gasteiger partial charge on any atom is -0.489 e. The lowest BCUT2D eigenvalue weighted by Crippen LogP contribution is -2.13. The van der Waals surface area contributed by atoms with E-state index < -0.39 is 0 Å². The van der Waals surface area contributed by atoms with Gasteiger partial charge in [0.25, 0.3) is 0 Å². The second-order valence-corrected chi connectivity index (χ2v) is 7.52. The first-order chi connectivity index (χ1) is 15.2. The van der Waals surface area contributed by atoms with Gasteiger partial charge in [-0.1, -0.05) is 24.3 Å². The van der Waals surface area contributed by atoms with Crippen LogP contribution in [-0.2, 0) is 11.4 Å². The van der Waals surface area contributed by atoms with Gasteiger partial charge in [0.2, 0.25) is 5.91 Å². The number of hydrogen-bond donors (Lipinski definition) is 1. The summed E-state index contributed by atoms with van der Waals surface area (Å²) in [6.45, 7) is 0.375. The highest BCUT2D eigenvalue weighted by Crippen LogP contribution is 2.31. The molecule has 1 N–H and O–H groups in total. The maximum Gasteiger partial charge on any atom is 0.228 e. The van der Waals surface area contributed by atoms with Crippen molar-refractivity contribution in [3.05, 3.63) is 78.2 Å². The van der Waals surface area contributed by atoms with Crippen molar-refractivity contribution in [1.29, 1.82) is 5.26 Å². The van der Waals surface area contributed by atoms with E-state index in [2.05, 4.69) is 15.4 Å². The summed E-state index contributed by atoms with van der Waals surface area (Å²) >= 11 is 0. The molecule has 0 unspecified atom stereocenters. The molecule has 1 aromatic carbocycles. The number of amides is 1. The van der Waals surface area contributed by atoms with Gasteiger partial charge in [0.1, 0.15) is 24.1 Å². The molecule has 7 nitrogen and oxygen atoms in total. The van der Waals surface area contributed by atoms with Crippen LogP contribution < -0.4 is 10.1 Å². The molecule has 1 saturated carbocycles. The van der Waals surface area contributed by atoms with Gasteiger partial charge in [0, 0.05) is 35.5 Å². The largest absolute Gasteiger partial charge is 0.489 e. The van der Waals surface area contributed by atoms with Gasteiger partial charge in [-0.25, -0.2) is 9.50 Å². The quantitative estimate of drug-likeness (QED) is 0.515. The zero-order chi connectivity index (χ0) is 21.2. The average Bonchev–Trinajstić information content (AvgIpc) is 3.58. The van der Waals surface area contributed by atoms with Crippen LogP contribution in [0.4, 0.5) is 5.82 Å². The number of nitrogens with one attached hydrogen (secondary N) is 1. The van der Waals surface area contributed by atoms with Crippen LogP contribution in [0.15, 0.2) is 67.0 Å². The number of aromatic nitrogens is 3. The van der Waals surface area contributed by atoms with Crippen LogP contribution in [0.5, 0.6) is 5.75 Å². The number of ether oxygens (including phenoxy) is 1. The molecule has 0 aliphatic heterocycles. The van der Waals surface area contributed by atoms with Crippen molar-refractivity contribution in [3.63, 3.8) is 0 Å². The van der Waals surface area contributed by atoms with E-state index in [1.54, 1.807) is 16.8 Å². The number of nitrogens with zero attached hydrogens (tertiary/aromatic N) is 4. The first-order valence-electron chi connectivity index (χ1n) is 10.1. The fraction of sp³-hybridized carbons (Fsp3) is 0.167. The lowest BCUT2D eigenvalue weighted by molar-refractivity contribution is -0.117. The van der Waals surface area contributed by atoms with Crippen molar-refractivity contribution in [2.45, 2.75) is 19.4 Å². The molecule has 0 spiro atoms. The van der Waals surface area contributed by atoms with Crippen molar-refractivity contribution >= 4 is 17.2 Å². The first kappa shape index (κ1) is 18.8. The van der Waals surface area contributed by atoms with E-state index in [1.807, 2.05) is 60.8 Å². The second-order valence-electron chi connectivity index (χ2n) is 7.52. The normalized spacial score (nSPS) is 13.0. The Hall–Kier alpha value is -4.18. The molecule has 1 aliphatic carbocycles. The van der Waals surface area contributed by atoms with Crippen molar-refractivity contribution in [1.82, 2.24) is 14.6 Å². The van der Waals surface area contributed by atoms with E-state index in [1.165, 1.54) is 0 Å². The molecular weight excluding hydrogens is 390 g/mol. The summed E-state index contributed by atoms with van der Waals surface area (Å²) in [5.74, 6) is 1.49. The molecule has 3 aromatic heterocycles. The highest BCUT2D eigenvalue weighted by atomic mass is 16.5. The molecule has 4 aromatic rings. The van der Waals surface area contributed by atoms with Gasteiger partial charge in [0.05, 0.1) is 5.52 Å². The van der Waals surface area contributed by atoms with E-state index in [0.29, 0.717) is 18.1 Å². The molecule has 0 saturated heterocycles. The Morgan fingerprint density at radius 3 is 2.74 bits per heavy atom. The third-order valence-electron chi connectivity index (χ3n) is 5.21. The number of rotatable bonds is 6.